The van der Waals surface area contributed by atoms with Crippen LogP contribution in [0.4, 0.5) is 0 Å². The van der Waals surface area contributed by atoms with E-state index in [4.69, 9.17) is 28.4 Å². The molecule has 450 valence electrons. The van der Waals surface area contributed by atoms with Crippen molar-refractivity contribution in [2.24, 2.45) is 0 Å². The van der Waals surface area contributed by atoms with E-state index in [0.717, 1.165) is 44.9 Å². The van der Waals surface area contributed by atoms with Gasteiger partial charge in [0.05, 0.1) is 38.6 Å². The number of ether oxygens (including phenoxy) is 6. The molecule has 0 saturated carbocycles. The predicted molar refractivity (Wildman–Crippen MR) is 291 cm³/mol. The third-order valence-corrected chi connectivity index (χ3v) is 14.9. The Labute approximate surface area is 460 Å². The fraction of sp³-hybridized carbons (Fsp3) is 0.879. The first kappa shape index (κ1) is 69.3. The Balaban J connectivity index is 1.53. The van der Waals surface area contributed by atoms with Gasteiger partial charge in [-0.25, -0.2) is 0 Å². The Hall–Kier alpha value is -1.99. The van der Waals surface area contributed by atoms with Crippen LogP contribution < -0.4 is 5.32 Å². The molecule has 0 aromatic carbocycles. The molecule has 17 atom stereocenters. The summed E-state index contributed by atoms with van der Waals surface area (Å²) in [5.74, 6) is -0.289. The molecule has 0 aromatic heterocycles. The normalized spacial score (nSPS) is 30.9. The van der Waals surface area contributed by atoms with Crippen LogP contribution in [0.15, 0.2) is 36.5 Å². The monoisotopic (exact) mass is 1100 g/mol. The van der Waals surface area contributed by atoms with E-state index >= 15 is 0 Å². The first-order chi connectivity index (χ1) is 37.3. The summed E-state index contributed by atoms with van der Waals surface area (Å²) < 4.78 is 34.2. The number of unbranched alkanes of at least 4 members (excludes halogenated alkanes) is 23. The molecule has 3 aliphatic heterocycles. The van der Waals surface area contributed by atoms with Crippen molar-refractivity contribution in [3.05, 3.63) is 36.5 Å². The molecule has 17 unspecified atom stereocenters. The fourth-order valence-electron chi connectivity index (χ4n) is 9.99. The average Bonchev–Trinajstić information content (AvgIpc) is 3.43. The van der Waals surface area contributed by atoms with E-state index in [2.05, 4.69) is 43.5 Å². The average molecular weight is 1100 g/mol. The molecule has 0 aromatic rings. The summed E-state index contributed by atoms with van der Waals surface area (Å²) in [7, 11) is 0. The minimum Gasteiger partial charge on any atom is -0.394 e. The van der Waals surface area contributed by atoms with Gasteiger partial charge in [-0.1, -0.05) is 179 Å². The lowest BCUT2D eigenvalue weighted by Gasteiger charge is -2.48. The number of nitrogens with one attached hydrogen (secondary N) is 1. The summed E-state index contributed by atoms with van der Waals surface area (Å²) in [6.45, 7) is 1.68. The van der Waals surface area contributed by atoms with Crippen molar-refractivity contribution in [2.45, 2.75) is 298 Å². The third-order valence-electron chi connectivity index (χ3n) is 14.9. The van der Waals surface area contributed by atoms with Crippen LogP contribution in [0, 0.1) is 0 Å². The lowest BCUT2D eigenvalue weighted by molar-refractivity contribution is -0.379. The molecule has 1 amide bonds. The second-order valence-electron chi connectivity index (χ2n) is 21.4. The smallest absolute Gasteiger partial charge is 0.220 e. The Bertz CT molecular complexity index is 1550. The molecule has 3 fully saturated rings. The highest BCUT2D eigenvalue weighted by atomic mass is 16.8. The molecule has 3 aliphatic rings. The van der Waals surface area contributed by atoms with Crippen LogP contribution in [0.1, 0.15) is 194 Å². The zero-order valence-electron chi connectivity index (χ0n) is 46.7. The summed E-state index contributed by atoms with van der Waals surface area (Å²) in [6.07, 6.45) is 17.0. The molecule has 3 saturated heterocycles. The lowest BCUT2D eigenvalue weighted by atomic mass is 9.96. The summed E-state index contributed by atoms with van der Waals surface area (Å²) in [6, 6.07) is -0.992. The van der Waals surface area contributed by atoms with Crippen LogP contribution in [0.3, 0.4) is 0 Å². The van der Waals surface area contributed by atoms with Gasteiger partial charge in [0.2, 0.25) is 5.91 Å². The molecule has 77 heavy (non-hydrogen) atoms. The quantitative estimate of drug-likeness (QED) is 0.0285. The molecule has 0 radical (unpaired) electrons. The van der Waals surface area contributed by atoms with Crippen molar-refractivity contribution >= 4 is 5.91 Å². The van der Waals surface area contributed by atoms with E-state index in [-0.39, 0.29) is 18.9 Å². The fourth-order valence-corrected chi connectivity index (χ4v) is 9.99. The zero-order valence-corrected chi connectivity index (χ0v) is 46.7. The molecule has 19 nitrogen and oxygen atoms in total. The van der Waals surface area contributed by atoms with E-state index in [1.807, 2.05) is 6.08 Å². The van der Waals surface area contributed by atoms with Gasteiger partial charge in [-0.15, -0.1) is 0 Å². The number of carbonyl (C=O) groups excluding carboxylic acids is 1. The molecule has 0 aliphatic carbocycles. The Morgan fingerprint density at radius 1 is 0.455 bits per heavy atom. The van der Waals surface area contributed by atoms with Gasteiger partial charge in [-0.3, -0.25) is 4.79 Å². The third kappa shape index (κ3) is 26.2. The summed E-state index contributed by atoms with van der Waals surface area (Å²) in [5, 5.41) is 120. The standard InChI is InChI=1S/C58H105NO18/c1-3-5-7-9-11-13-15-17-19-21-23-25-27-29-31-33-35-42(63)41(59-46(64)36-34-32-30-28-26-24-22-20-18-16-14-12-10-8-6-4-2)40-72-56-52(70)49(67)54(44(38-61)74-56)77-58-53(71)50(68)55(45(39-62)75-58)76-57-51(69)48(66)47(65)43(37-60)73-57/h17,19,25,27,33,35,41-45,47-58,60-63,65-71H,3-16,18,20-24,26,28-32,34,36-40H2,1-2H3,(H,59,64)/b19-17+,27-25+,35-33+. The second kappa shape index (κ2) is 41.9. The number of amides is 1. The van der Waals surface area contributed by atoms with Crippen LogP contribution >= 0.6 is 0 Å². The zero-order chi connectivity index (χ0) is 56.2. The highest BCUT2D eigenvalue weighted by Crippen LogP contribution is 2.33. The van der Waals surface area contributed by atoms with Gasteiger partial charge in [-0.05, 0) is 44.9 Å². The summed E-state index contributed by atoms with van der Waals surface area (Å²) in [4.78, 5) is 13.3. The maximum Gasteiger partial charge on any atom is 0.220 e. The van der Waals surface area contributed by atoms with Crippen LogP contribution in [-0.4, -0.2) is 193 Å². The molecular weight excluding hydrogens is 999 g/mol. The van der Waals surface area contributed by atoms with Crippen molar-refractivity contribution in [3.8, 4) is 0 Å². The van der Waals surface area contributed by atoms with Crippen molar-refractivity contribution in [1.29, 1.82) is 0 Å². The second-order valence-corrected chi connectivity index (χ2v) is 21.4. The molecule has 3 heterocycles. The molecule has 3 rings (SSSR count). The van der Waals surface area contributed by atoms with Gasteiger partial charge in [-0.2, -0.15) is 0 Å². The number of hydrogen-bond acceptors (Lipinski definition) is 18. The van der Waals surface area contributed by atoms with Crippen LogP contribution in [0.2, 0.25) is 0 Å². The Kier molecular flexibility index (Phi) is 37.7. The molecule has 12 N–H and O–H groups in total. The molecular formula is C58H105NO18. The van der Waals surface area contributed by atoms with Crippen molar-refractivity contribution in [2.75, 3.05) is 26.4 Å². The Morgan fingerprint density at radius 3 is 1.30 bits per heavy atom. The van der Waals surface area contributed by atoms with Crippen molar-refractivity contribution < 1.29 is 89.4 Å². The van der Waals surface area contributed by atoms with Gasteiger partial charge in [0, 0.05) is 6.42 Å². The number of allylic oxidation sites excluding steroid dienone is 5. The SMILES string of the molecule is CCCCCCCC/C=C/CC/C=C/CC/C=C/C(O)C(COC1OC(CO)C(OC2OC(CO)C(OC3OC(CO)C(O)C(O)C3O)C(O)C2O)C(O)C1O)NC(=O)CCCCCCCCCCCCCCCCCC. The largest absolute Gasteiger partial charge is 0.394 e. The molecule has 19 heteroatoms. The number of hydrogen-bond donors (Lipinski definition) is 12. The van der Waals surface area contributed by atoms with E-state index in [0.29, 0.717) is 12.8 Å². The minimum absolute atomic E-state index is 0.235. The number of aliphatic hydroxyl groups is 11. The predicted octanol–water partition coefficient (Wildman–Crippen LogP) is 4.93. The van der Waals surface area contributed by atoms with Gasteiger partial charge in [0.15, 0.2) is 18.9 Å². The van der Waals surface area contributed by atoms with Crippen LogP contribution in [-0.2, 0) is 33.2 Å². The van der Waals surface area contributed by atoms with E-state index < -0.39 is 124 Å². The maximum atomic E-state index is 13.3. The number of carbonyl (C=O) groups is 1. The van der Waals surface area contributed by atoms with E-state index in [1.165, 1.54) is 116 Å². The van der Waals surface area contributed by atoms with Crippen LogP contribution in [0.25, 0.3) is 0 Å². The van der Waals surface area contributed by atoms with Gasteiger partial charge in [0.1, 0.15) is 73.2 Å². The minimum atomic E-state index is -1.98. The molecule has 0 bridgehead atoms. The van der Waals surface area contributed by atoms with Crippen molar-refractivity contribution in [3.63, 3.8) is 0 Å². The first-order valence-electron chi connectivity index (χ1n) is 29.7. The Morgan fingerprint density at radius 2 is 0.831 bits per heavy atom. The number of rotatable bonds is 43. The van der Waals surface area contributed by atoms with Crippen molar-refractivity contribution in [1.82, 2.24) is 5.32 Å². The lowest BCUT2D eigenvalue weighted by Crippen LogP contribution is -2.66. The van der Waals surface area contributed by atoms with Crippen LogP contribution in [0.5, 0.6) is 0 Å². The number of aliphatic hydroxyl groups excluding tert-OH is 11. The highest BCUT2D eigenvalue weighted by Gasteiger charge is 2.53. The highest BCUT2D eigenvalue weighted by molar-refractivity contribution is 5.76. The first-order valence-corrected chi connectivity index (χ1v) is 29.7. The summed E-state index contributed by atoms with van der Waals surface area (Å²) >= 11 is 0. The summed E-state index contributed by atoms with van der Waals surface area (Å²) in [5.41, 5.74) is 0. The van der Waals surface area contributed by atoms with Gasteiger partial charge < -0.3 is 89.9 Å². The van der Waals surface area contributed by atoms with E-state index in [1.54, 1.807) is 6.08 Å². The molecule has 0 spiro atoms. The van der Waals surface area contributed by atoms with Gasteiger partial charge in [0.25, 0.3) is 0 Å². The van der Waals surface area contributed by atoms with E-state index in [9.17, 15) is 61.0 Å². The topological polar surface area (TPSA) is 307 Å². The van der Waals surface area contributed by atoms with Gasteiger partial charge >= 0.3 is 0 Å². The maximum absolute atomic E-state index is 13.3.